The first kappa shape index (κ1) is 7.51. The van der Waals surface area contributed by atoms with Gasteiger partial charge in [0.2, 0.25) is 0 Å². The lowest BCUT2D eigenvalue weighted by molar-refractivity contribution is -0.116. The van der Waals surface area contributed by atoms with Crippen molar-refractivity contribution < 1.29 is 4.79 Å². The maximum Gasteiger partial charge on any atom is 0.143 e. The van der Waals surface area contributed by atoms with Gasteiger partial charge in [-0.25, -0.2) is 0 Å². The Labute approximate surface area is 52.9 Å². The van der Waals surface area contributed by atoms with Crippen molar-refractivity contribution in [1.82, 2.24) is 0 Å². The molecular formula is C5H7NOS. The van der Waals surface area contributed by atoms with Gasteiger partial charge < -0.3 is 0 Å². The lowest BCUT2D eigenvalue weighted by Gasteiger charge is -1.95. The third kappa shape index (κ3) is 2.64. The molecule has 44 valence electrons. The van der Waals surface area contributed by atoms with E-state index in [1.165, 1.54) is 6.92 Å². The van der Waals surface area contributed by atoms with Crippen LogP contribution in [0.15, 0.2) is 0 Å². The number of thioether (sulfide) groups is 1. The van der Waals surface area contributed by atoms with Crippen molar-refractivity contribution in [2.45, 2.75) is 19.1 Å². The fraction of sp³-hybridized carbons (Fsp3) is 0.600. The summed E-state index contributed by atoms with van der Waals surface area (Å²) in [6.45, 7) is 3.20. The zero-order valence-electron chi connectivity index (χ0n) is 4.84. The molecular weight excluding hydrogens is 122 g/mol. The number of thiocyanates is 1. The second-order valence-electron chi connectivity index (χ2n) is 1.46. The van der Waals surface area contributed by atoms with E-state index in [0.717, 1.165) is 11.8 Å². The van der Waals surface area contributed by atoms with E-state index in [1.807, 2.05) is 5.40 Å². The predicted molar refractivity (Wildman–Crippen MR) is 33.3 cm³/mol. The van der Waals surface area contributed by atoms with E-state index < -0.39 is 0 Å². The fourth-order valence-electron chi connectivity index (χ4n) is 0.162. The summed E-state index contributed by atoms with van der Waals surface area (Å²) in [5.41, 5.74) is 0. The molecule has 0 aliphatic carbocycles. The highest BCUT2D eigenvalue weighted by Crippen LogP contribution is 2.07. The van der Waals surface area contributed by atoms with Crippen LogP contribution < -0.4 is 0 Å². The first-order valence-corrected chi connectivity index (χ1v) is 3.11. The molecule has 1 atom stereocenters. The third-order valence-electron chi connectivity index (χ3n) is 0.802. The molecule has 0 aromatic carbocycles. The molecule has 0 saturated carbocycles. The first-order chi connectivity index (χ1) is 3.68. The summed E-state index contributed by atoms with van der Waals surface area (Å²) in [6, 6.07) is 0. The summed E-state index contributed by atoms with van der Waals surface area (Å²) in [6.07, 6.45) is 0. The van der Waals surface area contributed by atoms with Gasteiger partial charge in [0.1, 0.15) is 11.2 Å². The normalized spacial score (nSPS) is 12.1. The van der Waals surface area contributed by atoms with Gasteiger partial charge in [-0.05, 0) is 25.6 Å². The van der Waals surface area contributed by atoms with E-state index in [1.54, 1.807) is 6.92 Å². The van der Waals surface area contributed by atoms with E-state index in [2.05, 4.69) is 0 Å². The quantitative estimate of drug-likeness (QED) is 0.525. The number of ketones is 1. The summed E-state index contributed by atoms with van der Waals surface area (Å²) >= 11 is 0.995. The van der Waals surface area contributed by atoms with Crippen molar-refractivity contribution in [2.75, 3.05) is 0 Å². The maximum atomic E-state index is 10.4. The molecule has 0 aliphatic rings. The Hall–Kier alpha value is -0.490. The van der Waals surface area contributed by atoms with Crippen LogP contribution in [-0.4, -0.2) is 11.0 Å². The molecule has 8 heavy (non-hydrogen) atoms. The van der Waals surface area contributed by atoms with Crippen LogP contribution >= 0.6 is 11.8 Å². The molecule has 0 fully saturated rings. The fourth-order valence-corrected chi connectivity index (χ4v) is 0.486. The van der Waals surface area contributed by atoms with Crippen LogP contribution in [0.2, 0.25) is 0 Å². The van der Waals surface area contributed by atoms with Crippen LogP contribution in [-0.2, 0) is 4.79 Å². The van der Waals surface area contributed by atoms with Crippen LogP contribution in [0.4, 0.5) is 0 Å². The Morgan fingerprint density at radius 3 is 2.50 bits per heavy atom. The van der Waals surface area contributed by atoms with Gasteiger partial charge >= 0.3 is 0 Å². The summed E-state index contributed by atoms with van der Waals surface area (Å²) in [5, 5.41) is 9.72. The van der Waals surface area contributed by atoms with Crippen molar-refractivity contribution in [3.05, 3.63) is 0 Å². The van der Waals surface area contributed by atoms with Gasteiger partial charge in [0.25, 0.3) is 0 Å². The van der Waals surface area contributed by atoms with Crippen LogP contribution in [0, 0.1) is 10.7 Å². The average molecular weight is 129 g/mol. The second-order valence-corrected chi connectivity index (χ2v) is 2.59. The summed E-state index contributed by atoms with van der Waals surface area (Å²) in [4.78, 5) is 10.4. The monoisotopic (exact) mass is 129 g/mol. The molecule has 0 N–H and O–H groups in total. The number of nitriles is 1. The zero-order valence-corrected chi connectivity index (χ0v) is 5.66. The SMILES string of the molecule is CC(=O)C(C)SC#N. The molecule has 0 heterocycles. The smallest absolute Gasteiger partial charge is 0.143 e. The largest absolute Gasteiger partial charge is 0.299 e. The summed E-state index contributed by atoms with van der Waals surface area (Å²) < 4.78 is 0. The lowest BCUT2D eigenvalue weighted by atomic mass is 10.3. The first-order valence-electron chi connectivity index (χ1n) is 2.23. The van der Waals surface area contributed by atoms with E-state index in [-0.39, 0.29) is 11.0 Å². The minimum absolute atomic E-state index is 0.0524. The number of Topliss-reactive ketones (excluding diaryl/α,β-unsaturated/α-hetero) is 1. The number of carbonyl (C=O) groups is 1. The zero-order chi connectivity index (χ0) is 6.57. The van der Waals surface area contributed by atoms with Gasteiger partial charge in [-0.2, -0.15) is 5.26 Å². The predicted octanol–water partition coefficient (Wildman–Crippen LogP) is 1.18. The molecule has 0 aromatic heterocycles. The molecule has 3 heteroatoms. The van der Waals surface area contributed by atoms with Gasteiger partial charge in [-0.15, -0.1) is 0 Å². The van der Waals surface area contributed by atoms with Crippen molar-refractivity contribution in [3.63, 3.8) is 0 Å². The van der Waals surface area contributed by atoms with Crippen molar-refractivity contribution in [1.29, 1.82) is 5.26 Å². The van der Waals surface area contributed by atoms with Crippen molar-refractivity contribution in [3.8, 4) is 5.40 Å². The van der Waals surface area contributed by atoms with Gasteiger partial charge in [-0.1, -0.05) is 0 Å². The summed E-state index contributed by atoms with van der Waals surface area (Å²) in [5.74, 6) is 0.0524. The van der Waals surface area contributed by atoms with Gasteiger partial charge in [0.15, 0.2) is 0 Å². The highest BCUT2D eigenvalue weighted by Gasteiger charge is 2.05. The van der Waals surface area contributed by atoms with Crippen LogP contribution in [0.25, 0.3) is 0 Å². The second kappa shape index (κ2) is 3.50. The van der Waals surface area contributed by atoms with Gasteiger partial charge in [0, 0.05) is 0 Å². The number of hydrogen-bond donors (Lipinski definition) is 0. The molecule has 2 nitrogen and oxygen atoms in total. The molecule has 0 rings (SSSR count). The highest BCUT2D eigenvalue weighted by molar-refractivity contribution is 8.04. The average Bonchev–Trinajstić information content (AvgIpc) is 1.67. The van der Waals surface area contributed by atoms with Gasteiger partial charge in [-0.3, -0.25) is 4.79 Å². The lowest BCUT2D eigenvalue weighted by Crippen LogP contribution is -2.06. The van der Waals surface area contributed by atoms with E-state index in [9.17, 15) is 4.79 Å². The van der Waals surface area contributed by atoms with Crippen LogP contribution in [0.1, 0.15) is 13.8 Å². The highest BCUT2D eigenvalue weighted by atomic mass is 32.2. The van der Waals surface area contributed by atoms with Crippen molar-refractivity contribution in [2.24, 2.45) is 0 Å². The molecule has 0 bridgehead atoms. The Morgan fingerprint density at radius 1 is 1.88 bits per heavy atom. The topological polar surface area (TPSA) is 40.9 Å². The minimum Gasteiger partial charge on any atom is -0.299 e. The molecule has 0 saturated heterocycles. The number of carbonyl (C=O) groups excluding carboxylic acids is 1. The van der Waals surface area contributed by atoms with Gasteiger partial charge in [0.05, 0.1) is 5.25 Å². The van der Waals surface area contributed by atoms with E-state index >= 15 is 0 Å². The standard InChI is InChI=1S/C5H7NOS/c1-4(7)5(2)8-3-6/h5H,1-2H3. The molecule has 0 amide bonds. The molecule has 0 aliphatic heterocycles. The Morgan fingerprint density at radius 2 is 2.38 bits per heavy atom. The molecule has 0 radical (unpaired) electrons. The van der Waals surface area contributed by atoms with Crippen molar-refractivity contribution >= 4 is 17.5 Å². The molecule has 0 aromatic rings. The van der Waals surface area contributed by atoms with Crippen LogP contribution in [0.5, 0.6) is 0 Å². The Kier molecular flexibility index (Phi) is 3.29. The summed E-state index contributed by atoms with van der Waals surface area (Å²) in [7, 11) is 0. The van der Waals surface area contributed by atoms with E-state index in [4.69, 9.17) is 5.26 Å². The molecule has 1 unspecified atom stereocenters. The number of nitrogens with zero attached hydrogens (tertiary/aromatic N) is 1. The number of hydrogen-bond acceptors (Lipinski definition) is 3. The number of rotatable bonds is 2. The maximum absolute atomic E-state index is 10.4. The van der Waals surface area contributed by atoms with Crippen LogP contribution in [0.3, 0.4) is 0 Å². The van der Waals surface area contributed by atoms with E-state index in [0.29, 0.717) is 0 Å². The third-order valence-corrected chi connectivity index (χ3v) is 1.59. The Balaban J connectivity index is 3.52. The molecule has 0 spiro atoms. The minimum atomic E-state index is -0.167. The Bertz CT molecular complexity index is 127.